The molecule has 2 aliphatic heterocycles. The van der Waals surface area contributed by atoms with Crippen LogP contribution in [0.1, 0.15) is 43.7 Å². The summed E-state index contributed by atoms with van der Waals surface area (Å²) in [6, 6.07) is 18.0. The first-order chi connectivity index (χ1) is 13.1. The third-order valence-electron chi connectivity index (χ3n) is 6.28. The van der Waals surface area contributed by atoms with E-state index in [1.54, 1.807) is 7.11 Å². The quantitative estimate of drug-likeness (QED) is 0.603. The third kappa shape index (κ3) is 3.67. The van der Waals surface area contributed by atoms with Gasteiger partial charge >= 0.3 is 0 Å². The van der Waals surface area contributed by atoms with Crippen LogP contribution in [0.2, 0.25) is 0 Å². The van der Waals surface area contributed by atoms with E-state index in [9.17, 15) is 0 Å². The number of fused-ring (bicyclic) bond motifs is 2. The largest absolute Gasteiger partial charge is 0.497 e. The van der Waals surface area contributed by atoms with Gasteiger partial charge in [0.1, 0.15) is 5.75 Å². The molecule has 2 aromatic carbocycles. The van der Waals surface area contributed by atoms with Gasteiger partial charge in [0.15, 0.2) is 0 Å². The van der Waals surface area contributed by atoms with E-state index in [1.165, 1.54) is 24.0 Å². The van der Waals surface area contributed by atoms with Gasteiger partial charge in [0, 0.05) is 29.2 Å². The number of hydrogen-bond acceptors (Lipinski definition) is 3. The number of benzene rings is 2. The van der Waals surface area contributed by atoms with Gasteiger partial charge in [-0.15, -0.1) is 0 Å². The summed E-state index contributed by atoms with van der Waals surface area (Å²) in [7, 11) is 1.72. The predicted octanol–water partition coefficient (Wildman–Crippen LogP) is 5.52. The molecule has 2 heterocycles. The van der Waals surface area contributed by atoms with Crippen molar-refractivity contribution < 1.29 is 9.47 Å². The average molecular weight is 430 g/mol. The highest BCUT2D eigenvalue weighted by atomic mass is 79.9. The van der Waals surface area contributed by atoms with E-state index >= 15 is 0 Å². The van der Waals surface area contributed by atoms with Crippen LogP contribution in [0.3, 0.4) is 0 Å². The Labute approximate surface area is 170 Å². The van der Waals surface area contributed by atoms with Gasteiger partial charge in [-0.25, -0.2) is 0 Å². The molecule has 3 nitrogen and oxygen atoms in total. The van der Waals surface area contributed by atoms with E-state index in [0.29, 0.717) is 12.1 Å². The molecule has 2 saturated heterocycles. The standard InChI is InChI=1S/C23H28BrNO2/c1-3-27-22-14-20-12-13-23(15-22,18-6-8-19(24)9-7-18)25(20)16-17-4-10-21(26-2)11-5-17/h4-11,20,22H,3,12-16H2,1-2H3/t20-,22+,23+/m0/s1. The number of nitrogens with zero attached hydrogens (tertiary/aromatic N) is 1. The van der Waals surface area contributed by atoms with E-state index in [2.05, 4.69) is 76.3 Å². The highest BCUT2D eigenvalue weighted by Gasteiger charge is 2.52. The van der Waals surface area contributed by atoms with Crippen molar-refractivity contribution in [2.45, 2.75) is 56.8 Å². The first kappa shape index (κ1) is 19.0. The lowest BCUT2D eigenvalue weighted by Gasteiger charge is -2.48. The molecule has 0 radical (unpaired) electrons. The van der Waals surface area contributed by atoms with Crippen molar-refractivity contribution in [3.05, 3.63) is 64.1 Å². The van der Waals surface area contributed by atoms with Crippen molar-refractivity contribution in [2.75, 3.05) is 13.7 Å². The molecule has 0 aromatic heterocycles. The number of ether oxygens (including phenoxy) is 2. The van der Waals surface area contributed by atoms with Crippen molar-refractivity contribution in [1.82, 2.24) is 4.90 Å². The minimum absolute atomic E-state index is 0.0728. The zero-order valence-corrected chi connectivity index (χ0v) is 17.7. The summed E-state index contributed by atoms with van der Waals surface area (Å²) < 4.78 is 12.6. The molecule has 0 spiro atoms. The normalized spacial score (nSPS) is 27.7. The Bertz CT molecular complexity index is 761. The maximum Gasteiger partial charge on any atom is 0.118 e. The second-order valence-electron chi connectivity index (χ2n) is 7.72. The van der Waals surface area contributed by atoms with E-state index < -0.39 is 0 Å². The Hall–Kier alpha value is -1.36. The Kier molecular flexibility index (Phi) is 5.58. The number of rotatable bonds is 6. The molecule has 4 heteroatoms. The van der Waals surface area contributed by atoms with E-state index in [-0.39, 0.29) is 5.54 Å². The van der Waals surface area contributed by atoms with Crippen LogP contribution in [0.4, 0.5) is 0 Å². The molecular weight excluding hydrogens is 402 g/mol. The molecule has 4 rings (SSSR count). The van der Waals surface area contributed by atoms with Crippen LogP contribution < -0.4 is 4.74 Å². The molecule has 0 amide bonds. The smallest absolute Gasteiger partial charge is 0.118 e. The Morgan fingerprint density at radius 1 is 1.11 bits per heavy atom. The minimum Gasteiger partial charge on any atom is -0.497 e. The average Bonchev–Trinajstić information content (AvgIpc) is 2.89. The SMILES string of the molecule is CCO[C@@H]1C[C@@H]2CC[C@](c3ccc(Br)cc3)(C1)N2Cc1ccc(OC)cc1. The highest BCUT2D eigenvalue weighted by molar-refractivity contribution is 9.10. The van der Waals surface area contributed by atoms with Gasteiger partial charge in [0.2, 0.25) is 0 Å². The molecule has 3 atom stereocenters. The molecule has 2 fully saturated rings. The lowest BCUT2D eigenvalue weighted by molar-refractivity contribution is -0.0592. The van der Waals surface area contributed by atoms with Gasteiger partial charge in [-0.05, 0) is 68.0 Å². The van der Waals surface area contributed by atoms with Crippen molar-refractivity contribution in [3.63, 3.8) is 0 Å². The number of methoxy groups -OCH3 is 1. The van der Waals surface area contributed by atoms with Crippen molar-refractivity contribution >= 4 is 15.9 Å². The van der Waals surface area contributed by atoms with E-state index in [1.807, 2.05) is 0 Å². The first-order valence-corrected chi connectivity index (χ1v) is 10.7. The van der Waals surface area contributed by atoms with Crippen LogP contribution in [-0.4, -0.2) is 30.8 Å². The second kappa shape index (κ2) is 7.94. The number of halogens is 1. The van der Waals surface area contributed by atoms with Gasteiger partial charge in [-0.1, -0.05) is 40.2 Å². The molecule has 0 unspecified atom stereocenters. The second-order valence-corrected chi connectivity index (χ2v) is 8.64. The molecule has 0 aliphatic carbocycles. The summed E-state index contributed by atoms with van der Waals surface area (Å²) in [4.78, 5) is 2.74. The van der Waals surface area contributed by atoms with Crippen molar-refractivity contribution in [3.8, 4) is 5.75 Å². The first-order valence-electron chi connectivity index (χ1n) is 9.92. The van der Waals surface area contributed by atoms with Crippen LogP contribution in [-0.2, 0) is 16.8 Å². The molecule has 2 aliphatic rings. The fraction of sp³-hybridized carbons (Fsp3) is 0.478. The summed E-state index contributed by atoms with van der Waals surface area (Å²) in [5.74, 6) is 0.916. The fourth-order valence-electron chi connectivity index (χ4n) is 5.04. The lowest BCUT2D eigenvalue weighted by Crippen LogP contribution is -2.52. The summed E-state index contributed by atoms with van der Waals surface area (Å²) in [6.07, 6.45) is 5.03. The summed E-state index contributed by atoms with van der Waals surface area (Å²) in [5, 5.41) is 0. The van der Waals surface area contributed by atoms with E-state index in [4.69, 9.17) is 9.47 Å². The Morgan fingerprint density at radius 3 is 2.52 bits per heavy atom. The van der Waals surface area contributed by atoms with Crippen LogP contribution in [0.15, 0.2) is 53.0 Å². The molecule has 0 N–H and O–H groups in total. The van der Waals surface area contributed by atoms with Crippen LogP contribution in [0.25, 0.3) is 0 Å². The van der Waals surface area contributed by atoms with Gasteiger partial charge in [0.05, 0.1) is 13.2 Å². The molecule has 2 bridgehead atoms. The topological polar surface area (TPSA) is 21.7 Å². The third-order valence-corrected chi connectivity index (χ3v) is 6.81. The van der Waals surface area contributed by atoms with Crippen molar-refractivity contribution in [2.24, 2.45) is 0 Å². The fourth-order valence-corrected chi connectivity index (χ4v) is 5.31. The van der Waals surface area contributed by atoms with Crippen LogP contribution in [0, 0.1) is 0 Å². The van der Waals surface area contributed by atoms with Crippen molar-refractivity contribution in [1.29, 1.82) is 0 Å². The number of hydrogen-bond donors (Lipinski definition) is 0. The maximum atomic E-state index is 6.11. The van der Waals surface area contributed by atoms with Gasteiger partial charge in [0.25, 0.3) is 0 Å². The van der Waals surface area contributed by atoms with Crippen LogP contribution >= 0.6 is 15.9 Å². The number of piperidine rings is 1. The molecule has 2 aromatic rings. The lowest BCUT2D eigenvalue weighted by atomic mass is 9.80. The Morgan fingerprint density at radius 2 is 1.85 bits per heavy atom. The highest BCUT2D eigenvalue weighted by Crippen LogP contribution is 2.52. The van der Waals surface area contributed by atoms with Gasteiger partial charge in [-0.2, -0.15) is 0 Å². The molecule has 27 heavy (non-hydrogen) atoms. The summed E-state index contributed by atoms with van der Waals surface area (Å²) in [6.45, 7) is 3.88. The minimum atomic E-state index is 0.0728. The maximum absolute atomic E-state index is 6.11. The van der Waals surface area contributed by atoms with Crippen LogP contribution in [0.5, 0.6) is 5.75 Å². The predicted molar refractivity (Wildman–Crippen MR) is 112 cm³/mol. The monoisotopic (exact) mass is 429 g/mol. The molecule has 144 valence electrons. The van der Waals surface area contributed by atoms with Gasteiger partial charge < -0.3 is 9.47 Å². The molecular formula is C23H28BrNO2. The van der Waals surface area contributed by atoms with Gasteiger partial charge in [-0.3, -0.25) is 4.90 Å². The van der Waals surface area contributed by atoms with E-state index in [0.717, 1.165) is 36.2 Å². The zero-order valence-electron chi connectivity index (χ0n) is 16.2. The summed E-state index contributed by atoms with van der Waals surface area (Å²) >= 11 is 3.59. The molecule has 0 saturated carbocycles. The Balaban J connectivity index is 1.66. The zero-order chi connectivity index (χ0) is 18.9. The summed E-state index contributed by atoms with van der Waals surface area (Å²) in [5.41, 5.74) is 2.84.